The maximum atomic E-state index is 6.03. The lowest BCUT2D eigenvalue weighted by Gasteiger charge is -2.22. The molecule has 2 heterocycles. The van der Waals surface area contributed by atoms with Crippen LogP contribution in [-0.2, 0) is 35.6 Å². The average molecular weight is 401 g/mol. The molecule has 1 aliphatic rings. The van der Waals surface area contributed by atoms with Gasteiger partial charge >= 0.3 is 0 Å². The van der Waals surface area contributed by atoms with E-state index in [4.69, 9.17) is 9.47 Å². The summed E-state index contributed by atoms with van der Waals surface area (Å²) < 4.78 is 13.5. The minimum absolute atomic E-state index is 0.312. The number of hydrogen-bond acceptors (Lipinski definition) is 5. The molecule has 1 aromatic heterocycles. The fourth-order valence-corrected chi connectivity index (χ4v) is 3.33. The molecule has 1 aliphatic heterocycles. The Labute approximate surface area is 172 Å². The Morgan fingerprint density at radius 3 is 2.90 bits per heavy atom. The monoisotopic (exact) mass is 400 g/mol. The molecule has 0 amide bonds. The fraction of sp³-hybridized carbons (Fsp3) is 0.571. The summed E-state index contributed by atoms with van der Waals surface area (Å²) >= 11 is 0. The van der Waals surface area contributed by atoms with Gasteiger partial charge in [0.15, 0.2) is 5.96 Å². The van der Waals surface area contributed by atoms with Gasteiger partial charge in [-0.15, -0.1) is 10.2 Å². The number of aliphatic imine (C=N–C) groups is 1. The zero-order valence-electron chi connectivity index (χ0n) is 17.4. The van der Waals surface area contributed by atoms with Crippen molar-refractivity contribution in [1.29, 1.82) is 0 Å². The van der Waals surface area contributed by atoms with E-state index in [1.54, 1.807) is 13.4 Å². The van der Waals surface area contributed by atoms with Crippen LogP contribution < -0.4 is 10.6 Å². The first-order valence-electron chi connectivity index (χ1n) is 10.4. The molecule has 0 aliphatic carbocycles. The predicted octanol–water partition coefficient (Wildman–Crippen LogP) is 1.90. The van der Waals surface area contributed by atoms with Crippen molar-refractivity contribution in [3.05, 3.63) is 47.5 Å². The number of guanidine groups is 1. The van der Waals surface area contributed by atoms with E-state index in [9.17, 15) is 0 Å². The van der Waals surface area contributed by atoms with E-state index < -0.39 is 0 Å². The first-order valence-corrected chi connectivity index (χ1v) is 10.4. The standard InChI is InChI=1S/C21H32N6O2/c1-3-20-26-25-16-27(20)10-9-23-21(22-2)24-14-17-5-4-6-18(13-17)15-29-19-7-11-28-12-8-19/h4-6,13,16,19H,3,7-12,14-15H2,1-2H3,(H2,22,23,24). The van der Waals surface area contributed by atoms with E-state index in [1.807, 2.05) is 0 Å². The predicted molar refractivity (Wildman–Crippen MR) is 113 cm³/mol. The molecule has 0 spiro atoms. The SMILES string of the molecule is CCc1nncn1CCNC(=NC)NCc1cccc(COC2CCOCC2)c1. The number of nitrogens with one attached hydrogen (secondary N) is 2. The quantitative estimate of drug-likeness (QED) is 0.494. The zero-order chi connectivity index (χ0) is 20.3. The van der Waals surface area contributed by atoms with E-state index in [0.717, 1.165) is 57.3 Å². The molecule has 2 N–H and O–H groups in total. The highest BCUT2D eigenvalue weighted by molar-refractivity contribution is 5.79. The van der Waals surface area contributed by atoms with Gasteiger partial charge in [-0.05, 0) is 24.0 Å². The highest BCUT2D eigenvalue weighted by atomic mass is 16.5. The molecule has 8 heteroatoms. The Morgan fingerprint density at radius 2 is 2.10 bits per heavy atom. The van der Waals surface area contributed by atoms with Gasteiger partial charge in [0.05, 0.1) is 12.7 Å². The summed E-state index contributed by atoms with van der Waals surface area (Å²) in [5.41, 5.74) is 2.39. The largest absolute Gasteiger partial charge is 0.381 e. The van der Waals surface area contributed by atoms with Crippen LogP contribution in [0.4, 0.5) is 0 Å². The van der Waals surface area contributed by atoms with Crippen LogP contribution in [0.3, 0.4) is 0 Å². The molecule has 8 nitrogen and oxygen atoms in total. The molecule has 0 unspecified atom stereocenters. The van der Waals surface area contributed by atoms with E-state index in [2.05, 4.69) is 61.6 Å². The number of rotatable bonds is 9. The van der Waals surface area contributed by atoms with Gasteiger partial charge in [-0.25, -0.2) is 0 Å². The lowest BCUT2D eigenvalue weighted by molar-refractivity contribution is -0.0390. The summed E-state index contributed by atoms with van der Waals surface area (Å²) in [5, 5.41) is 14.8. The van der Waals surface area contributed by atoms with Crippen LogP contribution in [-0.4, -0.2) is 53.6 Å². The Balaban J connectivity index is 1.41. The molecular weight excluding hydrogens is 368 g/mol. The summed E-state index contributed by atoms with van der Waals surface area (Å²) in [6.45, 7) is 6.59. The highest BCUT2D eigenvalue weighted by Gasteiger charge is 2.14. The van der Waals surface area contributed by atoms with Crippen LogP contribution in [0.5, 0.6) is 0 Å². The highest BCUT2D eigenvalue weighted by Crippen LogP contribution is 2.14. The van der Waals surface area contributed by atoms with Crippen LogP contribution >= 0.6 is 0 Å². The molecule has 2 aromatic rings. The summed E-state index contributed by atoms with van der Waals surface area (Å²) in [5.74, 6) is 1.77. The van der Waals surface area contributed by atoms with Crippen LogP contribution in [0.1, 0.15) is 36.7 Å². The molecular formula is C21H32N6O2. The first-order chi connectivity index (χ1) is 14.3. The van der Waals surface area contributed by atoms with Crippen molar-refractivity contribution in [3.63, 3.8) is 0 Å². The number of ether oxygens (including phenoxy) is 2. The number of aryl methyl sites for hydroxylation is 1. The second-order valence-electron chi connectivity index (χ2n) is 7.09. The molecule has 29 heavy (non-hydrogen) atoms. The fourth-order valence-electron chi connectivity index (χ4n) is 3.33. The summed E-state index contributed by atoms with van der Waals surface area (Å²) in [6, 6.07) is 8.49. The summed E-state index contributed by atoms with van der Waals surface area (Å²) in [7, 11) is 1.78. The van der Waals surface area contributed by atoms with Crippen molar-refractivity contribution in [2.75, 3.05) is 26.8 Å². The Kier molecular flexibility index (Phi) is 8.45. The summed E-state index contributed by atoms with van der Waals surface area (Å²) in [4.78, 5) is 4.30. The molecule has 0 saturated carbocycles. The van der Waals surface area contributed by atoms with Crippen molar-refractivity contribution < 1.29 is 9.47 Å². The van der Waals surface area contributed by atoms with E-state index in [0.29, 0.717) is 19.3 Å². The Morgan fingerprint density at radius 1 is 1.28 bits per heavy atom. The molecule has 1 fully saturated rings. The van der Waals surface area contributed by atoms with Crippen molar-refractivity contribution in [1.82, 2.24) is 25.4 Å². The van der Waals surface area contributed by atoms with Crippen LogP contribution in [0.2, 0.25) is 0 Å². The van der Waals surface area contributed by atoms with Gasteiger partial charge in [0.2, 0.25) is 0 Å². The van der Waals surface area contributed by atoms with Crippen molar-refractivity contribution in [2.24, 2.45) is 4.99 Å². The topological polar surface area (TPSA) is 85.6 Å². The van der Waals surface area contributed by atoms with Gasteiger partial charge in [-0.1, -0.05) is 31.2 Å². The third-order valence-electron chi connectivity index (χ3n) is 4.99. The van der Waals surface area contributed by atoms with Gasteiger partial charge in [0.1, 0.15) is 12.2 Å². The number of hydrogen-bond donors (Lipinski definition) is 2. The minimum atomic E-state index is 0.312. The average Bonchev–Trinajstić information content (AvgIpc) is 3.23. The third kappa shape index (κ3) is 6.83. The van der Waals surface area contributed by atoms with Crippen LogP contribution in [0.15, 0.2) is 35.6 Å². The summed E-state index contributed by atoms with van der Waals surface area (Å²) in [6.07, 6.45) is 4.93. The normalized spacial score (nSPS) is 15.4. The Bertz CT molecular complexity index is 770. The van der Waals surface area contributed by atoms with Crippen molar-refractivity contribution >= 4 is 5.96 Å². The van der Waals surface area contributed by atoms with Gasteiger partial charge < -0.3 is 24.7 Å². The smallest absolute Gasteiger partial charge is 0.191 e. The van der Waals surface area contributed by atoms with Crippen LogP contribution in [0.25, 0.3) is 0 Å². The lowest BCUT2D eigenvalue weighted by Crippen LogP contribution is -2.38. The molecule has 0 bridgehead atoms. The molecule has 158 valence electrons. The zero-order valence-corrected chi connectivity index (χ0v) is 17.4. The first kappa shape index (κ1) is 21.3. The van der Waals surface area contributed by atoms with E-state index in [-0.39, 0.29) is 0 Å². The molecule has 1 saturated heterocycles. The second kappa shape index (κ2) is 11.5. The van der Waals surface area contributed by atoms with Crippen molar-refractivity contribution in [3.8, 4) is 0 Å². The Hall–Kier alpha value is -2.45. The molecule has 0 radical (unpaired) electrons. The van der Waals surface area contributed by atoms with Crippen molar-refractivity contribution in [2.45, 2.75) is 52.0 Å². The molecule has 1 aromatic carbocycles. The number of nitrogens with zero attached hydrogens (tertiary/aromatic N) is 4. The van der Waals surface area contributed by atoms with E-state index >= 15 is 0 Å². The van der Waals surface area contributed by atoms with Gasteiger partial charge in [-0.3, -0.25) is 4.99 Å². The minimum Gasteiger partial charge on any atom is -0.381 e. The molecule has 3 rings (SSSR count). The van der Waals surface area contributed by atoms with Gasteiger partial charge in [-0.2, -0.15) is 0 Å². The van der Waals surface area contributed by atoms with E-state index in [1.165, 1.54) is 11.1 Å². The second-order valence-corrected chi connectivity index (χ2v) is 7.09. The number of benzene rings is 1. The molecule has 0 atom stereocenters. The van der Waals surface area contributed by atoms with Gasteiger partial charge in [0.25, 0.3) is 0 Å². The van der Waals surface area contributed by atoms with Gasteiger partial charge in [0, 0.05) is 46.3 Å². The third-order valence-corrected chi connectivity index (χ3v) is 4.99. The van der Waals surface area contributed by atoms with Crippen LogP contribution in [0, 0.1) is 0 Å². The maximum absolute atomic E-state index is 6.03. The maximum Gasteiger partial charge on any atom is 0.191 e. The lowest BCUT2D eigenvalue weighted by atomic mass is 10.1. The number of aromatic nitrogens is 3.